The summed E-state index contributed by atoms with van der Waals surface area (Å²) in [6, 6.07) is 3.43. The van der Waals surface area contributed by atoms with Gasteiger partial charge in [-0.2, -0.15) is 5.26 Å². The third kappa shape index (κ3) is 2.51. The number of rotatable bonds is 4. The number of hydrogen-bond acceptors (Lipinski definition) is 5. The maximum Gasteiger partial charge on any atom is 0.255 e. The monoisotopic (exact) mass is 341 g/mol. The highest BCUT2D eigenvalue weighted by Gasteiger charge is 2.31. The van der Waals surface area contributed by atoms with E-state index >= 15 is 0 Å². The summed E-state index contributed by atoms with van der Waals surface area (Å²) >= 11 is 1.36. The van der Waals surface area contributed by atoms with Crippen LogP contribution in [0.5, 0.6) is 0 Å². The molecule has 2 heterocycles. The van der Waals surface area contributed by atoms with Gasteiger partial charge < -0.3 is 10.2 Å². The lowest BCUT2D eigenvalue weighted by atomic mass is 9.95. The number of aryl methyl sites for hydroxylation is 1. The van der Waals surface area contributed by atoms with E-state index in [1.807, 2.05) is 6.07 Å². The quantitative estimate of drug-likeness (QED) is 0.864. The lowest BCUT2D eigenvalue weighted by Crippen LogP contribution is -2.26. The van der Waals surface area contributed by atoms with Crippen molar-refractivity contribution in [1.29, 1.82) is 5.26 Å². The lowest BCUT2D eigenvalue weighted by molar-refractivity contribution is -0.113. The number of fused-ring (bicyclic) bond motifs is 1. The number of hydrogen-bond donors (Lipinski definition) is 1. The van der Waals surface area contributed by atoms with Crippen LogP contribution in [0.3, 0.4) is 0 Å². The van der Waals surface area contributed by atoms with Gasteiger partial charge >= 0.3 is 0 Å². The smallest absolute Gasteiger partial charge is 0.255 e. The molecule has 7 heteroatoms. The molecule has 2 N–H and O–H groups in total. The van der Waals surface area contributed by atoms with E-state index in [-0.39, 0.29) is 11.4 Å². The number of nitriles is 1. The van der Waals surface area contributed by atoms with Crippen LogP contribution in [0.4, 0.5) is 10.7 Å². The van der Waals surface area contributed by atoms with Gasteiger partial charge in [0.15, 0.2) is 0 Å². The molecule has 0 bridgehead atoms. The van der Waals surface area contributed by atoms with Gasteiger partial charge in [0.1, 0.15) is 16.8 Å². The number of nitrogens with zero attached hydrogens (tertiary/aromatic N) is 2. The number of nitrogens with two attached hydrogens (primary N) is 1. The summed E-state index contributed by atoms with van der Waals surface area (Å²) in [7, 11) is 0. The van der Waals surface area contributed by atoms with E-state index in [0.717, 1.165) is 42.2 Å². The molecule has 2 aromatic heterocycles. The van der Waals surface area contributed by atoms with Crippen LogP contribution in [-0.4, -0.2) is 11.8 Å². The van der Waals surface area contributed by atoms with Crippen LogP contribution in [0.1, 0.15) is 39.4 Å². The summed E-state index contributed by atoms with van der Waals surface area (Å²) in [5.74, 6) is -1.03. The minimum Gasteiger partial charge on any atom is -0.452 e. The van der Waals surface area contributed by atoms with Crippen molar-refractivity contribution in [2.45, 2.75) is 25.7 Å². The number of amides is 2. The molecule has 1 aliphatic rings. The van der Waals surface area contributed by atoms with Crippen LogP contribution in [0.2, 0.25) is 0 Å². The van der Waals surface area contributed by atoms with Crippen molar-refractivity contribution < 1.29 is 14.0 Å². The van der Waals surface area contributed by atoms with Crippen LogP contribution in [-0.2, 0) is 17.6 Å². The van der Waals surface area contributed by atoms with Crippen molar-refractivity contribution in [3.63, 3.8) is 0 Å². The second-order valence-corrected chi connectivity index (χ2v) is 6.46. The molecular formula is C17H15N3O3S. The first kappa shape index (κ1) is 16.0. The largest absolute Gasteiger partial charge is 0.452 e. The molecular weight excluding hydrogens is 326 g/mol. The van der Waals surface area contributed by atoms with Crippen LogP contribution in [0.25, 0.3) is 0 Å². The first-order valence-electron chi connectivity index (χ1n) is 7.47. The van der Waals surface area contributed by atoms with Crippen LogP contribution in [0.15, 0.2) is 29.4 Å². The molecule has 0 atom stereocenters. The zero-order valence-electron chi connectivity index (χ0n) is 12.9. The van der Waals surface area contributed by atoms with Crippen LogP contribution < -0.4 is 10.6 Å². The van der Waals surface area contributed by atoms with Crippen molar-refractivity contribution in [3.05, 3.63) is 46.7 Å². The van der Waals surface area contributed by atoms with E-state index in [2.05, 4.69) is 6.58 Å². The molecule has 1 aliphatic carbocycles. The van der Waals surface area contributed by atoms with Gasteiger partial charge in [-0.15, -0.1) is 11.3 Å². The van der Waals surface area contributed by atoms with Crippen molar-refractivity contribution in [3.8, 4) is 6.07 Å². The van der Waals surface area contributed by atoms with E-state index in [1.165, 1.54) is 28.6 Å². The van der Waals surface area contributed by atoms with Crippen molar-refractivity contribution in [2.75, 3.05) is 4.90 Å². The number of furan rings is 1. The topological polar surface area (TPSA) is 100 Å². The zero-order chi connectivity index (χ0) is 17.3. The van der Waals surface area contributed by atoms with Crippen molar-refractivity contribution in [2.24, 2.45) is 5.73 Å². The fourth-order valence-corrected chi connectivity index (χ4v) is 4.36. The normalized spacial score (nSPS) is 13.0. The molecule has 122 valence electrons. The van der Waals surface area contributed by atoms with Gasteiger partial charge in [-0.3, -0.25) is 14.5 Å². The number of anilines is 2. The van der Waals surface area contributed by atoms with Crippen LogP contribution in [0, 0.1) is 11.3 Å². The van der Waals surface area contributed by atoms with Crippen LogP contribution >= 0.6 is 11.3 Å². The molecule has 0 aliphatic heterocycles. The molecule has 0 saturated carbocycles. The van der Waals surface area contributed by atoms with Gasteiger partial charge in [0.05, 0.1) is 11.8 Å². The SMILES string of the molecule is C=CC(=O)N(c1ccoc1C#N)c1sc2c(c1C(N)=O)CCCC2. The van der Waals surface area contributed by atoms with E-state index < -0.39 is 11.8 Å². The molecule has 0 aromatic carbocycles. The highest BCUT2D eigenvalue weighted by atomic mass is 32.1. The van der Waals surface area contributed by atoms with Crippen molar-refractivity contribution in [1.82, 2.24) is 0 Å². The number of primary amides is 1. The highest BCUT2D eigenvalue weighted by Crippen LogP contribution is 2.43. The Labute approximate surface area is 142 Å². The second-order valence-electron chi connectivity index (χ2n) is 5.38. The van der Waals surface area contributed by atoms with E-state index in [9.17, 15) is 14.9 Å². The Balaban J connectivity index is 2.24. The Morgan fingerprint density at radius 3 is 2.83 bits per heavy atom. The highest BCUT2D eigenvalue weighted by molar-refractivity contribution is 7.17. The Morgan fingerprint density at radius 1 is 1.42 bits per heavy atom. The minimum absolute atomic E-state index is 0.00741. The summed E-state index contributed by atoms with van der Waals surface area (Å²) < 4.78 is 5.11. The first-order chi connectivity index (χ1) is 11.6. The molecule has 6 nitrogen and oxygen atoms in total. The predicted molar refractivity (Wildman–Crippen MR) is 90.2 cm³/mol. The number of carbonyl (C=O) groups is 2. The molecule has 2 amide bonds. The van der Waals surface area contributed by atoms with E-state index in [1.54, 1.807) is 0 Å². The number of thiophene rings is 1. The standard InChI is InChI=1S/C17H15N3O3S/c1-2-14(21)20(11-7-8-23-12(11)9-18)17-15(16(19)22)10-5-3-4-6-13(10)24-17/h2,7-8H,1,3-6H2,(H2,19,22). The second kappa shape index (κ2) is 6.34. The molecule has 2 aromatic rings. The van der Waals surface area contributed by atoms with Crippen molar-refractivity contribution >= 4 is 33.8 Å². The predicted octanol–water partition coefficient (Wildman–Crippen LogP) is 3.04. The molecule has 24 heavy (non-hydrogen) atoms. The third-order valence-electron chi connectivity index (χ3n) is 3.98. The lowest BCUT2D eigenvalue weighted by Gasteiger charge is -2.19. The summed E-state index contributed by atoms with van der Waals surface area (Å²) in [6.07, 6.45) is 6.10. The van der Waals surface area contributed by atoms with E-state index in [4.69, 9.17) is 10.2 Å². The van der Waals surface area contributed by atoms with E-state index in [0.29, 0.717) is 10.6 Å². The summed E-state index contributed by atoms with van der Waals surface area (Å²) in [5, 5.41) is 9.63. The summed E-state index contributed by atoms with van der Waals surface area (Å²) in [5.41, 5.74) is 7.15. The van der Waals surface area contributed by atoms with Gasteiger partial charge in [0, 0.05) is 10.9 Å². The average molecular weight is 341 g/mol. The third-order valence-corrected chi connectivity index (χ3v) is 5.26. The van der Waals surface area contributed by atoms with Gasteiger partial charge in [-0.05, 0) is 37.3 Å². The molecule has 0 fully saturated rings. The zero-order valence-corrected chi connectivity index (χ0v) is 13.7. The maximum absolute atomic E-state index is 12.5. The fraction of sp³-hybridized carbons (Fsp3) is 0.235. The Hall–Kier alpha value is -2.85. The molecule has 0 radical (unpaired) electrons. The Morgan fingerprint density at radius 2 is 2.17 bits per heavy atom. The Kier molecular flexibility index (Phi) is 4.23. The molecule has 3 rings (SSSR count). The van der Waals surface area contributed by atoms with Gasteiger partial charge in [-0.1, -0.05) is 6.58 Å². The van der Waals surface area contributed by atoms with Gasteiger partial charge in [-0.25, -0.2) is 0 Å². The average Bonchev–Trinajstić information content (AvgIpc) is 3.19. The molecule has 0 saturated heterocycles. The maximum atomic E-state index is 12.5. The van der Waals surface area contributed by atoms with Gasteiger partial charge in [0.25, 0.3) is 11.8 Å². The summed E-state index contributed by atoms with van der Waals surface area (Å²) in [6.45, 7) is 3.51. The molecule has 0 unspecified atom stereocenters. The molecule has 0 spiro atoms. The number of carbonyl (C=O) groups excluding carboxylic acids is 2. The summed E-state index contributed by atoms with van der Waals surface area (Å²) in [4.78, 5) is 26.9. The van der Waals surface area contributed by atoms with Gasteiger partial charge in [0.2, 0.25) is 5.76 Å². The Bertz CT molecular complexity index is 872. The fourth-order valence-electron chi connectivity index (χ4n) is 2.94. The first-order valence-corrected chi connectivity index (χ1v) is 8.28. The minimum atomic E-state index is -0.576.